The lowest BCUT2D eigenvalue weighted by Crippen LogP contribution is -2.39. The molecule has 1 aromatic heterocycles. The minimum Gasteiger partial charge on any atom is -0.440 e. The van der Waals surface area contributed by atoms with Crippen molar-refractivity contribution in [2.75, 3.05) is 19.6 Å². The van der Waals surface area contributed by atoms with Crippen molar-refractivity contribution in [2.24, 2.45) is 0 Å². The molecule has 1 aliphatic rings. The SMILES string of the molecule is O=C(CCNS(=O)(=O)c1ccccc1Cl)N1CCC(c2nc3cc(Cl)ccc3o2)CC1. The van der Waals surface area contributed by atoms with Crippen LogP contribution in [0.4, 0.5) is 0 Å². The molecule has 31 heavy (non-hydrogen) atoms. The molecular formula is C21H21Cl2N3O4S. The van der Waals surface area contributed by atoms with Gasteiger partial charge in [-0.2, -0.15) is 0 Å². The lowest BCUT2D eigenvalue weighted by Gasteiger charge is -2.30. The molecular weight excluding hydrogens is 461 g/mol. The van der Waals surface area contributed by atoms with Crippen molar-refractivity contribution in [1.82, 2.24) is 14.6 Å². The largest absolute Gasteiger partial charge is 0.440 e. The van der Waals surface area contributed by atoms with E-state index in [4.69, 9.17) is 27.6 Å². The average molecular weight is 482 g/mol. The Kier molecular flexibility index (Phi) is 6.52. The Labute approximate surface area is 190 Å². The second-order valence-electron chi connectivity index (χ2n) is 7.40. The van der Waals surface area contributed by atoms with Crippen molar-refractivity contribution >= 4 is 50.2 Å². The molecule has 164 valence electrons. The second-order valence-corrected chi connectivity index (χ2v) is 9.98. The molecule has 0 spiro atoms. The predicted octanol–water partition coefficient (Wildman–Crippen LogP) is 4.21. The fraction of sp³-hybridized carbons (Fsp3) is 0.333. The van der Waals surface area contributed by atoms with Crippen LogP contribution in [-0.4, -0.2) is 43.8 Å². The quantitative estimate of drug-likeness (QED) is 0.568. The van der Waals surface area contributed by atoms with Crippen molar-refractivity contribution < 1.29 is 17.6 Å². The van der Waals surface area contributed by atoms with E-state index in [1.54, 1.807) is 35.2 Å². The van der Waals surface area contributed by atoms with Gasteiger partial charge in [0.2, 0.25) is 15.9 Å². The third-order valence-corrected chi connectivity index (χ3v) is 7.52. The summed E-state index contributed by atoms with van der Waals surface area (Å²) < 4.78 is 33.0. The highest BCUT2D eigenvalue weighted by Gasteiger charge is 2.27. The summed E-state index contributed by atoms with van der Waals surface area (Å²) in [4.78, 5) is 18.8. The number of likely N-dealkylation sites (tertiary alicyclic amines) is 1. The van der Waals surface area contributed by atoms with E-state index in [1.807, 2.05) is 0 Å². The highest BCUT2D eigenvalue weighted by Crippen LogP contribution is 2.31. The number of hydrogen-bond donors (Lipinski definition) is 1. The summed E-state index contributed by atoms with van der Waals surface area (Å²) in [6, 6.07) is 11.5. The molecule has 0 radical (unpaired) electrons. The number of oxazole rings is 1. The van der Waals surface area contributed by atoms with Crippen LogP contribution in [0.15, 0.2) is 51.8 Å². The van der Waals surface area contributed by atoms with Crippen molar-refractivity contribution in [3.05, 3.63) is 58.4 Å². The van der Waals surface area contributed by atoms with Gasteiger partial charge in [-0.1, -0.05) is 35.3 Å². The molecule has 0 saturated carbocycles. The van der Waals surface area contributed by atoms with E-state index in [2.05, 4.69) is 9.71 Å². The molecule has 1 amide bonds. The Morgan fingerprint density at radius 1 is 1.16 bits per heavy atom. The molecule has 3 aromatic rings. The fourth-order valence-corrected chi connectivity index (χ4v) is 5.38. The molecule has 0 atom stereocenters. The van der Waals surface area contributed by atoms with Gasteiger partial charge >= 0.3 is 0 Å². The Balaban J connectivity index is 1.28. The Bertz CT molecular complexity index is 1200. The number of sulfonamides is 1. The molecule has 1 saturated heterocycles. The molecule has 1 aliphatic heterocycles. The number of nitrogens with zero attached hydrogens (tertiary/aromatic N) is 2. The maximum Gasteiger partial charge on any atom is 0.242 e. The van der Waals surface area contributed by atoms with E-state index in [0.717, 1.165) is 18.4 Å². The molecule has 4 rings (SSSR count). The van der Waals surface area contributed by atoms with Crippen LogP contribution in [0, 0.1) is 0 Å². The van der Waals surface area contributed by atoms with Gasteiger partial charge in [0.25, 0.3) is 0 Å². The molecule has 1 N–H and O–H groups in total. The Morgan fingerprint density at radius 3 is 2.65 bits per heavy atom. The monoisotopic (exact) mass is 481 g/mol. The highest BCUT2D eigenvalue weighted by molar-refractivity contribution is 7.89. The van der Waals surface area contributed by atoms with Gasteiger partial charge < -0.3 is 9.32 Å². The van der Waals surface area contributed by atoms with Crippen molar-refractivity contribution in [1.29, 1.82) is 0 Å². The highest BCUT2D eigenvalue weighted by atomic mass is 35.5. The van der Waals surface area contributed by atoms with Crippen LogP contribution in [-0.2, 0) is 14.8 Å². The average Bonchev–Trinajstić information content (AvgIpc) is 3.17. The van der Waals surface area contributed by atoms with Crippen LogP contribution in [0.3, 0.4) is 0 Å². The Hall–Kier alpha value is -2.13. The van der Waals surface area contributed by atoms with Gasteiger partial charge in [-0.05, 0) is 43.2 Å². The van der Waals surface area contributed by atoms with Gasteiger partial charge in [-0.25, -0.2) is 18.1 Å². The van der Waals surface area contributed by atoms with Gasteiger partial charge in [-0.15, -0.1) is 0 Å². The minimum absolute atomic E-state index is 0.00421. The van der Waals surface area contributed by atoms with E-state index < -0.39 is 10.0 Å². The van der Waals surface area contributed by atoms with Crippen LogP contribution < -0.4 is 4.72 Å². The lowest BCUT2D eigenvalue weighted by molar-refractivity contribution is -0.132. The predicted molar refractivity (Wildman–Crippen MR) is 119 cm³/mol. The van der Waals surface area contributed by atoms with Crippen molar-refractivity contribution in [3.8, 4) is 0 Å². The number of benzene rings is 2. The summed E-state index contributed by atoms with van der Waals surface area (Å²) in [5.74, 6) is 0.704. The smallest absolute Gasteiger partial charge is 0.242 e. The van der Waals surface area contributed by atoms with Crippen LogP contribution in [0.5, 0.6) is 0 Å². The molecule has 2 heterocycles. The molecule has 0 unspecified atom stereocenters. The summed E-state index contributed by atoms with van der Waals surface area (Å²) in [7, 11) is -3.76. The number of amides is 1. The topological polar surface area (TPSA) is 92.5 Å². The van der Waals surface area contributed by atoms with Crippen LogP contribution in [0.25, 0.3) is 11.1 Å². The van der Waals surface area contributed by atoms with E-state index in [9.17, 15) is 13.2 Å². The first-order valence-electron chi connectivity index (χ1n) is 9.91. The van der Waals surface area contributed by atoms with Gasteiger partial charge in [-0.3, -0.25) is 4.79 Å². The standard InChI is InChI=1S/C21H21Cl2N3O4S/c22-15-5-6-18-17(13-15)25-21(30-18)14-8-11-26(12-9-14)20(27)7-10-24-31(28,29)19-4-2-1-3-16(19)23/h1-6,13-14,24H,7-12H2. The normalized spacial score (nSPS) is 15.5. The number of nitrogens with one attached hydrogen (secondary N) is 1. The zero-order valence-electron chi connectivity index (χ0n) is 16.6. The molecule has 10 heteroatoms. The first-order chi connectivity index (χ1) is 14.8. The van der Waals surface area contributed by atoms with Crippen molar-refractivity contribution in [3.63, 3.8) is 0 Å². The van der Waals surface area contributed by atoms with Crippen LogP contribution >= 0.6 is 23.2 Å². The van der Waals surface area contributed by atoms with Gasteiger partial charge in [0.1, 0.15) is 10.4 Å². The number of piperidine rings is 1. The molecule has 0 aliphatic carbocycles. The van der Waals surface area contributed by atoms with Crippen LogP contribution in [0.2, 0.25) is 10.0 Å². The summed E-state index contributed by atoms with van der Waals surface area (Å²) in [5, 5.41) is 0.753. The first kappa shape index (κ1) is 22.1. The van der Waals surface area contributed by atoms with E-state index in [1.165, 1.54) is 12.1 Å². The fourth-order valence-electron chi connectivity index (χ4n) is 3.66. The number of carbonyl (C=O) groups is 1. The maximum atomic E-state index is 12.5. The first-order valence-corrected chi connectivity index (χ1v) is 12.2. The minimum atomic E-state index is -3.76. The number of aromatic nitrogens is 1. The third-order valence-electron chi connectivity index (χ3n) is 5.32. The molecule has 7 nitrogen and oxygen atoms in total. The zero-order valence-corrected chi connectivity index (χ0v) is 18.9. The summed E-state index contributed by atoms with van der Waals surface area (Å²) in [6.45, 7) is 1.15. The summed E-state index contributed by atoms with van der Waals surface area (Å²) >= 11 is 12.0. The lowest BCUT2D eigenvalue weighted by atomic mass is 9.96. The van der Waals surface area contributed by atoms with E-state index >= 15 is 0 Å². The van der Waals surface area contributed by atoms with E-state index in [0.29, 0.717) is 29.6 Å². The maximum absolute atomic E-state index is 12.5. The zero-order chi connectivity index (χ0) is 22.0. The van der Waals surface area contributed by atoms with Gasteiger partial charge in [0.05, 0.1) is 5.02 Å². The summed E-state index contributed by atoms with van der Waals surface area (Å²) in [5.41, 5.74) is 1.43. The summed E-state index contributed by atoms with van der Waals surface area (Å²) in [6.07, 6.45) is 1.55. The van der Waals surface area contributed by atoms with Gasteiger partial charge in [0, 0.05) is 37.0 Å². The number of fused-ring (bicyclic) bond motifs is 1. The van der Waals surface area contributed by atoms with Gasteiger partial charge in [0.15, 0.2) is 11.5 Å². The van der Waals surface area contributed by atoms with Crippen molar-refractivity contribution in [2.45, 2.75) is 30.1 Å². The van der Waals surface area contributed by atoms with E-state index in [-0.39, 0.29) is 34.7 Å². The number of rotatable bonds is 6. The van der Waals surface area contributed by atoms with Crippen LogP contribution in [0.1, 0.15) is 31.1 Å². The molecule has 1 fully saturated rings. The Morgan fingerprint density at radius 2 is 1.90 bits per heavy atom. The molecule has 2 aromatic carbocycles. The number of halogens is 2. The third kappa shape index (κ3) is 5.03. The second kappa shape index (κ2) is 9.16. The number of hydrogen-bond acceptors (Lipinski definition) is 5. The number of carbonyl (C=O) groups excluding carboxylic acids is 1. The molecule has 0 bridgehead atoms.